The third-order valence-corrected chi connectivity index (χ3v) is 8.86. The number of Topliss-reactive ketones (excluding diaryl/α,β-unsaturated/α-hetero) is 1. The number of rotatable bonds is 8. The molecule has 1 aromatic carbocycles. The largest absolute Gasteiger partial charge is 0.481 e. The summed E-state index contributed by atoms with van der Waals surface area (Å²) >= 11 is 0. The minimum atomic E-state index is -2.27. The fraction of sp³-hybridized carbons (Fsp3) is 0.462. The normalized spacial score (nSPS) is 21.1. The molecule has 3 atom stereocenters. The number of carboxylic acid groups (broad SMARTS) is 1. The van der Waals surface area contributed by atoms with Gasteiger partial charge >= 0.3 is 5.97 Å². The monoisotopic (exact) mass is 516 g/mol. The molecule has 1 aliphatic heterocycles. The lowest BCUT2D eigenvalue weighted by Crippen LogP contribution is -2.45. The number of carbonyl (C=O) groups excluding carboxylic acids is 2. The van der Waals surface area contributed by atoms with Crippen molar-refractivity contribution >= 4 is 30.9 Å². The van der Waals surface area contributed by atoms with Crippen LogP contribution >= 0.6 is 0 Å². The van der Waals surface area contributed by atoms with E-state index >= 15 is 0 Å². The molecular weight excluding hydrogens is 486 g/mol. The maximum atomic E-state index is 14.8. The number of carbonyl (C=O) groups is 3. The zero-order valence-electron chi connectivity index (χ0n) is 20.8. The first-order valence-electron chi connectivity index (χ1n) is 12.0. The number of ether oxygens (including phenoxy) is 1. The van der Waals surface area contributed by atoms with Gasteiger partial charge in [-0.1, -0.05) is 19.6 Å². The third kappa shape index (κ3) is 5.18. The van der Waals surface area contributed by atoms with Crippen molar-refractivity contribution in [3.63, 3.8) is 0 Å². The van der Waals surface area contributed by atoms with Crippen molar-refractivity contribution in [2.45, 2.75) is 51.4 Å². The van der Waals surface area contributed by atoms with Crippen LogP contribution in [0.15, 0.2) is 24.3 Å². The Morgan fingerprint density at radius 2 is 1.83 bits per heavy atom. The lowest BCUT2D eigenvalue weighted by Gasteiger charge is -2.36. The van der Waals surface area contributed by atoms with Gasteiger partial charge in [-0.05, 0) is 36.1 Å². The van der Waals surface area contributed by atoms with E-state index in [1.807, 2.05) is 19.6 Å². The van der Waals surface area contributed by atoms with Crippen molar-refractivity contribution in [1.82, 2.24) is 9.88 Å². The summed E-state index contributed by atoms with van der Waals surface area (Å²) in [4.78, 5) is 44.0. The second kappa shape index (κ2) is 9.72. The second-order valence-corrected chi connectivity index (χ2v) is 15.6. The van der Waals surface area contributed by atoms with Crippen molar-refractivity contribution in [3.05, 3.63) is 52.7 Å². The lowest BCUT2D eigenvalue weighted by molar-refractivity contribution is -0.142. The molecule has 0 spiro atoms. The van der Waals surface area contributed by atoms with Crippen molar-refractivity contribution in [3.8, 4) is 5.88 Å². The van der Waals surface area contributed by atoms with Crippen LogP contribution in [0.3, 0.4) is 0 Å². The number of aromatic nitrogens is 1. The first kappa shape index (κ1) is 25.9. The molecule has 1 saturated carbocycles. The standard InChI is InChI=1S/C26H30F2N2O5Si/c1-35-22-6-5-16-20(29-22)7-8-30(26(34)17-12-15(17)13-23(32)33)24(16)21(31)11-14-9-18(27)25(19(28)10-14)36(2,3)4/h5-6,9-10,15,17,24H,7-8,11-13H2,1-4H3,(H,32,33)/t15-,17+,24?/m0/s1. The molecule has 2 aliphatic rings. The number of hydrogen-bond donors (Lipinski definition) is 1. The van der Waals surface area contributed by atoms with Crippen LogP contribution in [0.25, 0.3) is 0 Å². The van der Waals surface area contributed by atoms with E-state index < -0.39 is 37.6 Å². The molecule has 0 bridgehead atoms. The molecule has 2 aromatic rings. The fourth-order valence-electron chi connectivity index (χ4n) is 5.12. The van der Waals surface area contributed by atoms with Gasteiger partial charge in [0.15, 0.2) is 5.78 Å². The van der Waals surface area contributed by atoms with Crippen LogP contribution in [0.2, 0.25) is 19.6 Å². The molecule has 10 heteroatoms. The number of carboxylic acids is 1. The molecule has 1 N–H and O–H groups in total. The number of hydrogen-bond acceptors (Lipinski definition) is 5. The van der Waals surface area contributed by atoms with Gasteiger partial charge in [-0.25, -0.2) is 13.8 Å². The Morgan fingerprint density at radius 1 is 1.17 bits per heavy atom. The quantitative estimate of drug-likeness (QED) is 0.541. The Bertz CT molecular complexity index is 1210. The Hall–Kier alpha value is -3.14. The molecule has 36 heavy (non-hydrogen) atoms. The molecule has 1 fully saturated rings. The van der Waals surface area contributed by atoms with E-state index in [9.17, 15) is 23.2 Å². The van der Waals surface area contributed by atoms with E-state index in [1.54, 1.807) is 12.1 Å². The number of fused-ring (bicyclic) bond motifs is 1. The van der Waals surface area contributed by atoms with Gasteiger partial charge in [0.25, 0.3) is 0 Å². The summed E-state index contributed by atoms with van der Waals surface area (Å²) in [5.74, 6) is -3.25. The van der Waals surface area contributed by atoms with Crippen molar-refractivity contribution < 1.29 is 33.0 Å². The predicted molar refractivity (Wildman–Crippen MR) is 131 cm³/mol. The molecule has 1 aliphatic carbocycles. The summed E-state index contributed by atoms with van der Waals surface area (Å²) < 4.78 is 34.9. The van der Waals surface area contributed by atoms with E-state index in [2.05, 4.69) is 4.98 Å². The van der Waals surface area contributed by atoms with Crippen LogP contribution < -0.4 is 9.92 Å². The van der Waals surface area contributed by atoms with E-state index in [0.29, 0.717) is 30.0 Å². The molecule has 4 rings (SSSR count). The summed E-state index contributed by atoms with van der Waals surface area (Å²) in [5, 5.41) is 9.16. The number of amides is 1. The van der Waals surface area contributed by atoms with Crippen molar-refractivity contribution in [1.29, 1.82) is 0 Å². The van der Waals surface area contributed by atoms with Gasteiger partial charge in [0.1, 0.15) is 17.7 Å². The zero-order valence-corrected chi connectivity index (χ0v) is 21.8. The number of halogens is 2. The minimum absolute atomic E-state index is 0.0908. The SMILES string of the molecule is COc1ccc2c(n1)CCN(C(=O)[C@@H]1C[C@H]1CC(=O)O)C2C(=O)Cc1cc(F)c([Si](C)(C)C)c(F)c1. The van der Waals surface area contributed by atoms with Gasteiger partial charge < -0.3 is 14.7 Å². The van der Waals surface area contributed by atoms with Crippen LogP contribution in [0.4, 0.5) is 8.78 Å². The highest BCUT2D eigenvalue weighted by atomic mass is 28.3. The van der Waals surface area contributed by atoms with Gasteiger partial charge in [-0.15, -0.1) is 0 Å². The molecule has 7 nitrogen and oxygen atoms in total. The number of nitrogens with zero attached hydrogens (tertiary/aromatic N) is 2. The molecule has 1 amide bonds. The summed E-state index contributed by atoms with van der Waals surface area (Å²) in [6.45, 7) is 5.77. The third-order valence-electron chi connectivity index (χ3n) is 6.88. The van der Waals surface area contributed by atoms with Crippen LogP contribution in [0.1, 0.15) is 35.7 Å². The Morgan fingerprint density at radius 3 is 2.42 bits per heavy atom. The van der Waals surface area contributed by atoms with Gasteiger partial charge in [0.05, 0.1) is 20.9 Å². The Labute approximate surface area is 209 Å². The van der Waals surface area contributed by atoms with E-state index in [0.717, 1.165) is 0 Å². The van der Waals surface area contributed by atoms with Crippen LogP contribution in [0.5, 0.6) is 5.88 Å². The first-order valence-corrected chi connectivity index (χ1v) is 15.5. The summed E-state index contributed by atoms with van der Waals surface area (Å²) in [6, 6.07) is 4.74. The predicted octanol–water partition coefficient (Wildman–Crippen LogP) is 3.26. The number of aliphatic carboxylic acids is 1. The highest BCUT2D eigenvalue weighted by molar-refractivity contribution is 6.88. The average Bonchev–Trinajstić information content (AvgIpc) is 3.54. The van der Waals surface area contributed by atoms with Gasteiger partial charge in [-0.2, -0.15) is 0 Å². The van der Waals surface area contributed by atoms with Gasteiger partial charge in [-0.3, -0.25) is 14.4 Å². The van der Waals surface area contributed by atoms with Gasteiger partial charge in [0, 0.05) is 48.5 Å². The highest BCUT2D eigenvalue weighted by Crippen LogP contribution is 2.45. The number of pyridine rings is 1. The fourth-order valence-corrected chi connectivity index (χ4v) is 6.70. The van der Waals surface area contributed by atoms with E-state index in [-0.39, 0.29) is 47.7 Å². The minimum Gasteiger partial charge on any atom is -0.481 e. The number of ketones is 1. The summed E-state index contributed by atoms with van der Waals surface area (Å²) in [5.41, 5.74) is 1.38. The van der Waals surface area contributed by atoms with Gasteiger partial charge in [0.2, 0.25) is 11.8 Å². The van der Waals surface area contributed by atoms with Crippen molar-refractivity contribution in [2.24, 2.45) is 11.8 Å². The molecule has 1 unspecified atom stereocenters. The Kier molecular flexibility index (Phi) is 7.00. The average molecular weight is 517 g/mol. The smallest absolute Gasteiger partial charge is 0.303 e. The van der Waals surface area contributed by atoms with Crippen LogP contribution in [-0.4, -0.2) is 54.4 Å². The second-order valence-electron chi connectivity index (χ2n) is 10.6. The van der Waals surface area contributed by atoms with Crippen LogP contribution in [0, 0.1) is 23.5 Å². The molecule has 192 valence electrons. The first-order chi connectivity index (χ1) is 16.9. The summed E-state index contributed by atoms with van der Waals surface area (Å²) in [6.07, 6.45) is 0.514. The van der Waals surface area contributed by atoms with Crippen LogP contribution in [-0.2, 0) is 27.2 Å². The molecular formula is C26H30F2N2O5Si. The number of benzene rings is 1. The highest BCUT2D eigenvalue weighted by Gasteiger charge is 2.49. The van der Waals surface area contributed by atoms with Crippen molar-refractivity contribution in [2.75, 3.05) is 13.7 Å². The molecule has 0 saturated heterocycles. The zero-order chi connectivity index (χ0) is 26.4. The molecule has 0 radical (unpaired) electrons. The molecule has 2 heterocycles. The van der Waals surface area contributed by atoms with E-state index in [4.69, 9.17) is 9.84 Å². The Balaban J connectivity index is 1.65. The maximum Gasteiger partial charge on any atom is 0.303 e. The maximum absolute atomic E-state index is 14.8. The number of methoxy groups -OCH3 is 1. The topological polar surface area (TPSA) is 96.8 Å². The van der Waals surface area contributed by atoms with E-state index in [1.165, 1.54) is 24.1 Å². The summed E-state index contributed by atoms with van der Waals surface area (Å²) in [7, 11) is -0.789. The molecule has 1 aromatic heterocycles. The lowest BCUT2D eigenvalue weighted by atomic mass is 9.90.